The average molecular weight is 487 g/mol. The van der Waals surface area contributed by atoms with Gasteiger partial charge in [-0.1, -0.05) is 19.1 Å². The summed E-state index contributed by atoms with van der Waals surface area (Å²) in [6, 6.07) is -0.350. The Morgan fingerprint density at radius 2 is 1.97 bits per heavy atom. The second-order valence-corrected chi connectivity index (χ2v) is 9.70. The zero-order valence-electron chi connectivity index (χ0n) is 21.1. The van der Waals surface area contributed by atoms with E-state index in [0.717, 1.165) is 0 Å². The van der Waals surface area contributed by atoms with Gasteiger partial charge < -0.3 is 21.1 Å². The monoisotopic (exact) mass is 486 g/mol. The minimum atomic E-state index is -0.614. The highest BCUT2D eigenvalue weighted by Gasteiger charge is 2.22. The lowest BCUT2D eigenvalue weighted by Gasteiger charge is -2.24. The fourth-order valence-corrected chi connectivity index (χ4v) is 3.61. The molecule has 3 heterocycles. The molecule has 2 amide bonds. The molecule has 0 aliphatic rings. The molecule has 3 rings (SSSR count). The summed E-state index contributed by atoms with van der Waals surface area (Å²) in [5.74, 6) is 0.856. The number of carbonyl (C=O) groups is 2. The normalized spacial score (nSPS) is 12.7. The molecular formula is C22H34N10O3. The second-order valence-electron chi connectivity index (χ2n) is 9.70. The van der Waals surface area contributed by atoms with Gasteiger partial charge in [-0.15, -0.1) is 5.10 Å². The van der Waals surface area contributed by atoms with Gasteiger partial charge in [-0.2, -0.15) is 4.68 Å². The molecule has 0 unspecified atom stereocenters. The van der Waals surface area contributed by atoms with Crippen molar-refractivity contribution in [2.24, 2.45) is 5.92 Å². The number of aromatic nitrogens is 7. The van der Waals surface area contributed by atoms with E-state index in [9.17, 15) is 9.59 Å². The molecule has 3 aromatic heterocycles. The molecule has 0 saturated heterocycles. The van der Waals surface area contributed by atoms with Crippen LogP contribution in [-0.2, 0) is 22.6 Å². The fraction of sp³-hybridized carbons (Fsp3) is 0.591. The van der Waals surface area contributed by atoms with Gasteiger partial charge in [0, 0.05) is 19.0 Å². The number of amides is 2. The summed E-state index contributed by atoms with van der Waals surface area (Å²) in [4.78, 5) is 37.5. The Bertz CT molecular complexity index is 1180. The number of nitrogen functional groups attached to an aromatic ring is 1. The van der Waals surface area contributed by atoms with Crippen LogP contribution in [-0.4, -0.2) is 58.2 Å². The van der Waals surface area contributed by atoms with Crippen LogP contribution in [0.5, 0.6) is 0 Å². The topological polar surface area (TPSA) is 168 Å². The van der Waals surface area contributed by atoms with Crippen LogP contribution in [0.25, 0.3) is 17.1 Å². The highest BCUT2D eigenvalue weighted by atomic mass is 16.6. The predicted octanol–water partition coefficient (Wildman–Crippen LogP) is 1.95. The van der Waals surface area contributed by atoms with Gasteiger partial charge in [0.15, 0.2) is 17.0 Å². The number of hydrogen-bond donors (Lipinski definition) is 3. The number of ether oxygens (including phenoxy) is 1. The van der Waals surface area contributed by atoms with E-state index in [4.69, 9.17) is 10.5 Å². The lowest BCUT2D eigenvalue weighted by Crippen LogP contribution is -2.42. The molecule has 35 heavy (non-hydrogen) atoms. The summed E-state index contributed by atoms with van der Waals surface area (Å²) in [7, 11) is 0. The molecule has 13 heteroatoms. The van der Waals surface area contributed by atoms with Crippen LogP contribution >= 0.6 is 0 Å². The number of nitrogens with two attached hydrogens (primary N) is 1. The van der Waals surface area contributed by atoms with Crippen molar-refractivity contribution in [3.8, 4) is 5.95 Å². The van der Waals surface area contributed by atoms with E-state index in [0.29, 0.717) is 41.7 Å². The lowest BCUT2D eigenvalue weighted by atomic mass is 10.0. The number of imidazole rings is 1. The largest absolute Gasteiger partial charge is 0.444 e. The summed E-state index contributed by atoms with van der Waals surface area (Å²) in [5, 5.41) is 13.9. The molecule has 0 spiro atoms. The molecule has 0 aliphatic heterocycles. The van der Waals surface area contributed by atoms with Gasteiger partial charge in [0.25, 0.3) is 0 Å². The summed E-state index contributed by atoms with van der Waals surface area (Å²) in [6.45, 7) is 12.2. The van der Waals surface area contributed by atoms with Crippen LogP contribution in [0.15, 0.2) is 12.5 Å². The average Bonchev–Trinajstić information content (AvgIpc) is 3.35. The predicted molar refractivity (Wildman–Crippen MR) is 129 cm³/mol. The van der Waals surface area contributed by atoms with Gasteiger partial charge in [0.2, 0.25) is 11.9 Å². The maximum Gasteiger partial charge on any atom is 0.407 e. The number of fused-ring (bicyclic) bond motifs is 1. The van der Waals surface area contributed by atoms with Gasteiger partial charge in [0.1, 0.15) is 17.6 Å². The van der Waals surface area contributed by atoms with Gasteiger partial charge in [-0.05, 0) is 40.0 Å². The Labute approximate surface area is 203 Å². The summed E-state index contributed by atoms with van der Waals surface area (Å²) < 4.78 is 8.69. The standard InChI is InChI=1S/C22H34N10O3/c1-7-31-19-17(18(23)25-12-26-19)28-20(31)32-11-15(29-30-32)10-24-16(33)9-14(8-13(2)3)27-21(34)35-22(4,5)6/h11-14H,7-10H2,1-6H3,(H,24,33)(H,27,34)(H2,23,25,26)/t14-/m0/s1. The van der Waals surface area contributed by atoms with Crippen LogP contribution in [0.4, 0.5) is 10.6 Å². The van der Waals surface area contributed by atoms with Crippen LogP contribution in [0.1, 0.15) is 60.1 Å². The Morgan fingerprint density at radius 3 is 2.63 bits per heavy atom. The van der Waals surface area contributed by atoms with Crippen molar-refractivity contribution in [2.75, 3.05) is 5.73 Å². The fourth-order valence-electron chi connectivity index (χ4n) is 3.61. The quantitative estimate of drug-likeness (QED) is 0.409. The molecular weight excluding hydrogens is 452 g/mol. The minimum Gasteiger partial charge on any atom is -0.444 e. The highest BCUT2D eigenvalue weighted by Crippen LogP contribution is 2.20. The third kappa shape index (κ3) is 6.87. The van der Waals surface area contributed by atoms with Gasteiger partial charge >= 0.3 is 6.09 Å². The van der Waals surface area contributed by atoms with Gasteiger partial charge in [0.05, 0.1) is 12.7 Å². The zero-order chi connectivity index (χ0) is 25.8. The summed E-state index contributed by atoms with van der Waals surface area (Å²) in [5.41, 5.74) is 6.96. The van der Waals surface area contributed by atoms with E-state index >= 15 is 0 Å². The minimum absolute atomic E-state index is 0.120. The Hall–Kier alpha value is -3.77. The zero-order valence-corrected chi connectivity index (χ0v) is 21.1. The molecule has 0 bridgehead atoms. The number of aryl methyl sites for hydroxylation is 1. The van der Waals surface area contributed by atoms with Gasteiger partial charge in [-0.3, -0.25) is 9.36 Å². The van der Waals surface area contributed by atoms with Crippen molar-refractivity contribution in [3.63, 3.8) is 0 Å². The van der Waals surface area contributed by atoms with Crippen LogP contribution < -0.4 is 16.4 Å². The lowest BCUT2D eigenvalue weighted by molar-refractivity contribution is -0.121. The van der Waals surface area contributed by atoms with Crippen molar-refractivity contribution >= 4 is 29.0 Å². The summed E-state index contributed by atoms with van der Waals surface area (Å²) >= 11 is 0. The van der Waals surface area contributed by atoms with Crippen molar-refractivity contribution in [1.82, 2.24) is 45.1 Å². The SMILES string of the molecule is CCn1c(-n2cc(CNC(=O)C[C@H](CC(C)C)NC(=O)OC(C)(C)C)nn2)nc2c(N)ncnc21. The van der Waals surface area contributed by atoms with E-state index in [1.54, 1.807) is 27.0 Å². The number of rotatable bonds is 9. The van der Waals surface area contributed by atoms with Crippen molar-refractivity contribution in [1.29, 1.82) is 0 Å². The third-order valence-electron chi connectivity index (χ3n) is 4.98. The Morgan fingerprint density at radius 1 is 1.23 bits per heavy atom. The van der Waals surface area contributed by atoms with Crippen LogP contribution in [0, 0.1) is 5.92 Å². The number of nitrogens with zero attached hydrogens (tertiary/aromatic N) is 7. The first-order valence-corrected chi connectivity index (χ1v) is 11.6. The van der Waals surface area contributed by atoms with E-state index < -0.39 is 11.7 Å². The van der Waals surface area contributed by atoms with Crippen molar-refractivity contribution in [2.45, 2.75) is 79.1 Å². The maximum atomic E-state index is 12.6. The van der Waals surface area contributed by atoms with Crippen LogP contribution in [0.3, 0.4) is 0 Å². The molecule has 0 saturated carbocycles. The molecule has 190 valence electrons. The first-order valence-electron chi connectivity index (χ1n) is 11.6. The molecule has 0 aliphatic carbocycles. The molecule has 0 aromatic carbocycles. The summed E-state index contributed by atoms with van der Waals surface area (Å²) in [6.07, 6.45) is 3.30. The van der Waals surface area contributed by atoms with E-state index in [-0.39, 0.29) is 30.7 Å². The van der Waals surface area contributed by atoms with Crippen LogP contribution in [0.2, 0.25) is 0 Å². The Balaban J connectivity index is 1.64. The number of nitrogens with one attached hydrogen (secondary N) is 2. The molecule has 1 atom stereocenters. The molecule has 3 aromatic rings. The molecule has 4 N–H and O–H groups in total. The highest BCUT2D eigenvalue weighted by molar-refractivity contribution is 5.82. The van der Waals surface area contributed by atoms with Gasteiger partial charge in [-0.25, -0.2) is 19.7 Å². The van der Waals surface area contributed by atoms with E-state index in [1.807, 2.05) is 25.3 Å². The van der Waals surface area contributed by atoms with Crippen molar-refractivity contribution in [3.05, 3.63) is 18.2 Å². The first-order chi connectivity index (χ1) is 16.5. The van der Waals surface area contributed by atoms with E-state index in [2.05, 4.69) is 35.9 Å². The number of anilines is 1. The Kier molecular flexibility index (Phi) is 7.87. The molecule has 13 nitrogen and oxygen atoms in total. The number of carbonyl (C=O) groups excluding carboxylic acids is 2. The third-order valence-corrected chi connectivity index (χ3v) is 4.98. The van der Waals surface area contributed by atoms with Crippen molar-refractivity contribution < 1.29 is 14.3 Å². The molecule has 0 fully saturated rings. The number of alkyl carbamates (subject to hydrolysis) is 1. The maximum absolute atomic E-state index is 12.6. The second kappa shape index (κ2) is 10.7. The first kappa shape index (κ1) is 25.8. The number of hydrogen-bond acceptors (Lipinski definition) is 9. The van der Waals surface area contributed by atoms with E-state index in [1.165, 1.54) is 11.0 Å². The smallest absolute Gasteiger partial charge is 0.407 e. The molecule has 0 radical (unpaired) electrons.